The van der Waals surface area contributed by atoms with Gasteiger partial charge in [0.15, 0.2) is 15.8 Å². The summed E-state index contributed by atoms with van der Waals surface area (Å²) >= 11 is 1.17. The third-order valence-corrected chi connectivity index (χ3v) is 7.90. The average molecular weight is 417 g/mol. The van der Waals surface area contributed by atoms with Crippen LogP contribution >= 0.6 is 11.3 Å². The molecule has 1 aromatic heterocycles. The van der Waals surface area contributed by atoms with Gasteiger partial charge in [0.1, 0.15) is 4.21 Å². The highest BCUT2D eigenvalue weighted by atomic mass is 32.2. The molecule has 2 rings (SSSR count). The molecular formula is C18H32N4O3S2. The van der Waals surface area contributed by atoms with E-state index in [1.54, 1.807) is 17.5 Å². The van der Waals surface area contributed by atoms with Gasteiger partial charge in [-0.2, -0.15) is 0 Å². The third kappa shape index (κ3) is 7.06. The Balaban J connectivity index is 1.87. The number of piperidine rings is 1. The molecule has 0 saturated carbocycles. The van der Waals surface area contributed by atoms with Crippen LogP contribution < -0.4 is 10.6 Å². The van der Waals surface area contributed by atoms with Gasteiger partial charge in [0, 0.05) is 31.7 Å². The molecule has 0 radical (unpaired) electrons. The number of rotatable bonds is 8. The largest absolute Gasteiger partial charge is 0.390 e. The first-order valence-electron chi connectivity index (χ1n) is 9.55. The number of aliphatic hydroxyl groups excluding tert-OH is 1. The second-order valence-electron chi connectivity index (χ2n) is 7.14. The molecule has 0 amide bonds. The number of likely N-dealkylation sites (tertiary alicyclic amines) is 1. The number of guanidine groups is 1. The van der Waals surface area contributed by atoms with E-state index < -0.39 is 15.9 Å². The quantitative estimate of drug-likeness (QED) is 0.437. The monoisotopic (exact) mass is 416 g/mol. The van der Waals surface area contributed by atoms with Crippen LogP contribution in [-0.4, -0.2) is 74.5 Å². The molecule has 1 aliphatic rings. The van der Waals surface area contributed by atoms with Crippen molar-refractivity contribution < 1.29 is 13.5 Å². The van der Waals surface area contributed by atoms with Crippen LogP contribution in [0.2, 0.25) is 0 Å². The van der Waals surface area contributed by atoms with Crippen LogP contribution in [0.25, 0.3) is 0 Å². The van der Waals surface area contributed by atoms with Crippen molar-refractivity contribution in [2.24, 2.45) is 4.99 Å². The highest BCUT2D eigenvalue weighted by molar-refractivity contribution is 7.93. The first-order chi connectivity index (χ1) is 12.8. The number of nitrogens with one attached hydrogen (secondary N) is 2. The normalized spacial score (nSPS) is 18.6. The summed E-state index contributed by atoms with van der Waals surface area (Å²) in [5.41, 5.74) is 0. The summed E-state index contributed by atoms with van der Waals surface area (Å²) in [6.45, 7) is 9.27. The highest BCUT2D eigenvalue weighted by Gasteiger charge is 2.23. The molecule has 0 spiro atoms. The second-order valence-corrected chi connectivity index (χ2v) is 10.3. The van der Waals surface area contributed by atoms with Crippen LogP contribution in [0.1, 0.15) is 33.6 Å². The zero-order chi connectivity index (χ0) is 19.9. The molecule has 1 aliphatic heterocycles. The zero-order valence-electron chi connectivity index (χ0n) is 16.4. The summed E-state index contributed by atoms with van der Waals surface area (Å²) < 4.78 is 24.8. The zero-order valence-corrected chi connectivity index (χ0v) is 18.0. The minimum atomic E-state index is -3.46. The molecule has 0 aromatic carbocycles. The van der Waals surface area contributed by atoms with E-state index in [0.717, 1.165) is 25.9 Å². The molecule has 3 N–H and O–H groups in total. The Labute approximate surface area is 166 Å². The maximum absolute atomic E-state index is 12.2. The standard InChI is InChI=1S/C18H32N4O3S2/c1-4-19-18(21-15-7-9-22(10-8-15)14(2)3)20-12-16(23)13-27(24,25)17-6-5-11-26-17/h5-6,11,14-16,23H,4,7-10,12-13H2,1-3H3,(H2,19,20,21). The fraction of sp³-hybridized carbons (Fsp3) is 0.722. The van der Waals surface area contributed by atoms with Crippen molar-refractivity contribution in [3.05, 3.63) is 17.5 Å². The molecule has 1 unspecified atom stereocenters. The third-order valence-electron chi connectivity index (χ3n) is 4.62. The van der Waals surface area contributed by atoms with E-state index in [1.165, 1.54) is 11.3 Å². The van der Waals surface area contributed by atoms with E-state index in [9.17, 15) is 13.5 Å². The van der Waals surface area contributed by atoms with Crippen molar-refractivity contribution in [1.82, 2.24) is 15.5 Å². The predicted molar refractivity (Wildman–Crippen MR) is 111 cm³/mol. The maximum atomic E-state index is 12.2. The molecule has 0 bridgehead atoms. The number of aliphatic imine (C=N–C) groups is 1. The molecule has 154 valence electrons. The summed E-state index contributed by atoms with van der Waals surface area (Å²) in [7, 11) is -3.46. The summed E-state index contributed by atoms with van der Waals surface area (Å²) in [4.78, 5) is 6.86. The lowest BCUT2D eigenvalue weighted by molar-refractivity contribution is 0.167. The highest BCUT2D eigenvalue weighted by Crippen LogP contribution is 2.18. The topological polar surface area (TPSA) is 94.0 Å². The van der Waals surface area contributed by atoms with Gasteiger partial charge < -0.3 is 20.6 Å². The minimum absolute atomic E-state index is 0.0464. The molecule has 2 heterocycles. The maximum Gasteiger partial charge on any atom is 0.191 e. The van der Waals surface area contributed by atoms with Crippen molar-refractivity contribution in [3.8, 4) is 0 Å². The van der Waals surface area contributed by atoms with Gasteiger partial charge in [0.05, 0.1) is 18.4 Å². The molecular weight excluding hydrogens is 384 g/mol. The number of sulfone groups is 1. The molecule has 27 heavy (non-hydrogen) atoms. The lowest BCUT2D eigenvalue weighted by atomic mass is 10.0. The van der Waals surface area contributed by atoms with E-state index in [4.69, 9.17) is 0 Å². The van der Waals surface area contributed by atoms with Gasteiger partial charge in [-0.3, -0.25) is 4.99 Å². The van der Waals surface area contributed by atoms with Crippen LogP contribution in [0.3, 0.4) is 0 Å². The Morgan fingerprint density at radius 2 is 2.11 bits per heavy atom. The summed E-state index contributed by atoms with van der Waals surface area (Å²) in [5.74, 6) is 0.316. The number of thiophene rings is 1. The number of aliphatic hydroxyl groups is 1. The van der Waals surface area contributed by atoms with Gasteiger partial charge in [-0.25, -0.2) is 8.42 Å². The predicted octanol–water partition coefficient (Wildman–Crippen LogP) is 1.31. The van der Waals surface area contributed by atoms with E-state index in [-0.39, 0.29) is 16.5 Å². The van der Waals surface area contributed by atoms with Gasteiger partial charge in [-0.15, -0.1) is 11.3 Å². The Hall–Kier alpha value is -1.16. The van der Waals surface area contributed by atoms with E-state index in [1.807, 2.05) is 6.92 Å². The lowest BCUT2D eigenvalue weighted by Gasteiger charge is -2.35. The first-order valence-corrected chi connectivity index (χ1v) is 12.1. The van der Waals surface area contributed by atoms with Gasteiger partial charge >= 0.3 is 0 Å². The minimum Gasteiger partial charge on any atom is -0.390 e. The van der Waals surface area contributed by atoms with Gasteiger partial charge in [0.25, 0.3) is 0 Å². The SMILES string of the molecule is CCNC(=NCC(O)CS(=O)(=O)c1cccs1)NC1CCN(C(C)C)CC1. The molecule has 7 nitrogen and oxygen atoms in total. The molecule has 1 saturated heterocycles. The Bertz CT molecular complexity index is 681. The van der Waals surface area contributed by atoms with E-state index >= 15 is 0 Å². The smallest absolute Gasteiger partial charge is 0.191 e. The fourth-order valence-electron chi connectivity index (χ4n) is 3.10. The Kier molecular flexibility index (Phi) is 8.53. The van der Waals surface area contributed by atoms with Crippen LogP contribution in [-0.2, 0) is 9.84 Å². The second kappa shape index (κ2) is 10.4. The van der Waals surface area contributed by atoms with Crippen LogP contribution in [0.15, 0.2) is 26.7 Å². The van der Waals surface area contributed by atoms with Gasteiger partial charge in [-0.1, -0.05) is 6.07 Å². The summed E-state index contributed by atoms with van der Waals surface area (Å²) in [6, 6.07) is 4.16. The van der Waals surface area contributed by atoms with Crippen LogP contribution in [0.4, 0.5) is 0 Å². The fourth-order valence-corrected chi connectivity index (χ4v) is 5.57. The Morgan fingerprint density at radius 3 is 2.67 bits per heavy atom. The van der Waals surface area contributed by atoms with Crippen molar-refractivity contribution in [1.29, 1.82) is 0 Å². The average Bonchev–Trinajstić information content (AvgIpc) is 3.15. The summed E-state index contributed by atoms with van der Waals surface area (Å²) in [5, 5.41) is 18.5. The van der Waals surface area contributed by atoms with Crippen LogP contribution in [0.5, 0.6) is 0 Å². The number of hydrogen-bond donors (Lipinski definition) is 3. The van der Waals surface area contributed by atoms with Crippen molar-refractivity contribution in [2.45, 2.75) is 56.0 Å². The van der Waals surface area contributed by atoms with E-state index in [2.05, 4.69) is 34.4 Å². The summed E-state index contributed by atoms with van der Waals surface area (Å²) in [6.07, 6.45) is 1.05. The molecule has 0 aliphatic carbocycles. The molecule has 9 heteroatoms. The number of hydrogen-bond acceptors (Lipinski definition) is 6. The van der Waals surface area contributed by atoms with Crippen molar-refractivity contribution in [2.75, 3.05) is 31.9 Å². The van der Waals surface area contributed by atoms with Crippen LogP contribution in [0, 0.1) is 0 Å². The lowest BCUT2D eigenvalue weighted by Crippen LogP contribution is -2.50. The Morgan fingerprint density at radius 1 is 1.41 bits per heavy atom. The van der Waals surface area contributed by atoms with Gasteiger partial charge in [-0.05, 0) is 45.1 Å². The molecule has 1 atom stereocenters. The first kappa shape index (κ1) is 22.1. The molecule has 1 aromatic rings. The van der Waals surface area contributed by atoms with Gasteiger partial charge in [0.2, 0.25) is 0 Å². The number of nitrogens with zero attached hydrogens (tertiary/aromatic N) is 2. The molecule has 1 fully saturated rings. The van der Waals surface area contributed by atoms with Crippen molar-refractivity contribution in [3.63, 3.8) is 0 Å². The van der Waals surface area contributed by atoms with E-state index in [0.29, 0.717) is 24.6 Å². The van der Waals surface area contributed by atoms with Crippen molar-refractivity contribution >= 4 is 27.1 Å².